The van der Waals surface area contributed by atoms with E-state index in [0.29, 0.717) is 11.4 Å². The maximum absolute atomic E-state index is 9.48. The number of benzene rings is 2. The number of anilines is 2. The Morgan fingerprint density at radius 1 is 1.04 bits per heavy atom. The van der Waals surface area contributed by atoms with E-state index in [4.69, 9.17) is 0 Å². The van der Waals surface area contributed by atoms with Crippen molar-refractivity contribution in [3.05, 3.63) is 75.5 Å². The molecule has 3 nitrogen and oxygen atoms in total. The molecule has 3 aromatic rings. The number of hydrogen-bond acceptors (Lipinski definition) is 3. The summed E-state index contributed by atoms with van der Waals surface area (Å²) < 4.78 is 1.13. The van der Waals surface area contributed by atoms with Gasteiger partial charge in [-0.05, 0) is 59.3 Å². The monoisotopic (exact) mass is 411 g/mol. The summed E-state index contributed by atoms with van der Waals surface area (Å²) in [5.74, 6) is 0.590. The van der Waals surface area contributed by atoms with E-state index in [1.54, 1.807) is 0 Å². The van der Waals surface area contributed by atoms with Crippen molar-refractivity contribution in [2.75, 3.05) is 5.32 Å². The molecule has 4 heteroatoms. The Labute approximate surface area is 149 Å². The summed E-state index contributed by atoms with van der Waals surface area (Å²) in [6, 6.07) is 22.1. The number of nitrogens with one attached hydrogen (secondary N) is 1. The van der Waals surface area contributed by atoms with Crippen LogP contribution in [-0.4, -0.2) is 4.98 Å². The fraction of sp³-hybridized carbons (Fsp3) is 0.0526. The second-order valence-electron chi connectivity index (χ2n) is 5.13. The maximum atomic E-state index is 9.48. The highest BCUT2D eigenvalue weighted by Gasteiger charge is 2.11. The largest absolute Gasteiger partial charge is 0.339 e. The molecule has 0 amide bonds. The quantitative estimate of drug-likeness (QED) is 0.597. The molecule has 0 radical (unpaired) electrons. The van der Waals surface area contributed by atoms with Gasteiger partial charge < -0.3 is 5.32 Å². The SMILES string of the molecule is Cc1nc(Nc2cccc(I)c2)c(C#N)cc1-c1ccccc1. The van der Waals surface area contributed by atoms with Crippen molar-refractivity contribution in [3.63, 3.8) is 0 Å². The number of aryl methyl sites for hydroxylation is 1. The number of nitrogens with zero attached hydrogens (tertiary/aromatic N) is 2. The van der Waals surface area contributed by atoms with E-state index in [1.807, 2.05) is 67.6 Å². The van der Waals surface area contributed by atoms with E-state index in [2.05, 4.69) is 39.0 Å². The highest BCUT2D eigenvalue weighted by Crippen LogP contribution is 2.28. The van der Waals surface area contributed by atoms with Crippen LogP contribution in [0.15, 0.2) is 60.7 Å². The average Bonchev–Trinajstić information content (AvgIpc) is 2.56. The second kappa shape index (κ2) is 6.80. The molecule has 0 aliphatic carbocycles. The summed E-state index contributed by atoms with van der Waals surface area (Å²) in [7, 11) is 0. The molecule has 23 heavy (non-hydrogen) atoms. The number of halogens is 1. The van der Waals surface area contributed by atoms with Gasteiger partial charge in [-0.15, -0.1) is 0 Å². The topological polar surface area (TPSA) is 48.7 Å². The molecule has 1 heterocycles. The first-order chi connectivity index (χ1) is 11.2. The zero-order valence-corrected chi connectivity index (χ0v) is 14.7. The minimum absolute atomic E-state index is 0.535. The van der Waals surface area contributed by atoms with Gasteiger partial charge in [-0.2, -0.15) is 5.26 Å². The standard InChI is InChI=1S/C19H14IN3/c1-13-18(14-6-3-2-4-7-14)10-15(12-21)19(22-13)23-17-9-5-8-16(20)11-17/h2-11H,1H3,(H,22,23). The summed E-state index contributed by atoms with van der Waals surface area (Å²) >= 11 is 2.26. The van der Waals surface area contributed by atoms with Crippen LogP contribution in [0.25, 0.3) is 11.1 Å². The van der Waals surface area contributed by atoms with Gasteiger partial charge in [0.2, 0.25) is 0 Å². The maximum Gasteiger partial charge on any atom is 0.148 e. The summed E-state index contributed by atoms with van der Waals surface area (Å²) in [6.07, 6.45) is 0. The number of pyridine rings is 1. The highest BCUT2D eigenvalue weighted by atomic mass is 127. The second-order valence-corrected chi connectivity index (χ2v) is 6.38. The fourth-order valence-electron chi connectivity index (χ4n) is 2.40. The smallest absolute Gasteiger partial charge is 0.148 e. The minimum atomic E-state index is 0.535. The van der Waals surface area contributed by atoms with Crippen molar-refractivity contribution in [1.82, 2.24) is 4.98 Å². The van der Waals surface area contributed by atoms with E-state index >= 15 is 0 Å². The van der Waals surface area contributed by atoms with Crippen molar-refractivity contribution in [3.8, 4) is 17.2 Å². The number of aromatic nitrogens is 1. The van der Waals surface area contributed by atoms with Gasteiger partial charge in [-0.25, -0.2) is 4.98 Å². The Bertz CT molecular complexity index is 883. The molecule has 0 saturated carbocycles. The van der Waals surface area contributed by atoms with Crippen LogP contribution in [0.5, 0.6) is 0 Å². The van der Waals surface area contributed by atoms with Gasteiger partial charge in [0.1, 0.15) is 11.9 Å². The van der Waals surface area contributed by atoms with Crippen molar-refractivity contribution < 1.29 is 0 Å². The fourth-order valence-corrected chi connectivity index (χ4v) is 2.94. The van der Waals surface area contributed by atoms with Crippen LogP contribution in [0.2, 0.25) is 0 Å². The average molecular weight is 411 g/mol. The molecule has 2 aromatic carbocycles. The third-order valence-electron chi connectivity index (χ3n) is 3.51. The third kappa shape index (κ3) is 3.51. The van der Waals surface area contributed by atoms with E-state index in [0.717, 1.165) is 26.1 Å². The Balaban J connectivity index is 2.03. The van der Waals surface area contributed by atoms with Gasteiger partial charge in [0.05, 0.1) is 5.56 Å². The van der Waals surface area contributed by atoms with Gasteiger partial charge in [0.15, 0.2) is 0 Å². The predicted molar refractivity (Wildman–Crippen MR) is 102 cm³/mol. The molecule has 0 fully saturated rings. The third-order valence-corrected chi connectivity index (χ3v) is 4.18. The van der Waals surface area contributed by atoms with E-state index in [1.165, 1.54) is 0 Å². The van der Waals surface area contributed by atoms with Gasteiger partial charge in [-0.1, -0.05) is 36.4 Å². The van der Waals surface area contributed by atoms with Crippen LogP contribution >= 0.6 is 22.6 Å². The first-order valence-electron chi connectivity index (χ1n) is 7.17. The van der Waals surface area contributed by atoms with E-state index in [-0.39, 0.29) is 0 Å². The van der Waals surface area contributed by atoms with Crippen molar-refractivity contribution in [2.24, 2.45) is 0 Å². The summed E-state index contributed by atoms with van der Waals surface area (Å²) in [5.41, 5.74) is 4.40. The van der Waals surface area contributed by atoms with Crippen molar-refractivity contribution in [1.29, 1.82) is 5.26 Å². The minimum Gasteiger partial charge on any atom is -0.339 e. The van der Waals surface area contributed by atoms with E-state index < -0.39 is 0 Å². The zero-order chi connectivity index (χ0) is 16.2. The molecule has 1 N–H and O–H groups in total. The molecular formula is C19H14IN3. The number of rotatable bonds is 3. The molecule has 0 spiro atoms. The zero-order valence-electron chi connectivity index (χ0n) is 12.5. The molecular weight excluding hydrogens is 397 g/mol. The number of hydrogen-bond donors (Lipinski definition) is 1. The van der Waals surface area contributed by atoms with Crippen LogP contribution in [-0.2, 0) is 0 Å². The first kappa shape index (κ1) is 15.5. The molecule has 0 aliphatic rings. The van der Waals surface area contributed by atoms with Gasteiger partial charge in [-0.3, -0.25) is 0 Å². The molecule has 0 bridgehead atoms. The molecule has 112 valence electrons. The number of nitriles is 1. The molecule has 0 saturated heterocycles. The van der Waals surface area contributed by atoms with Crippen molar-refractivity contribution >= 4 is 34.1 Å². The molecule has 3 rings (SSSR count). The Kier molecular flexibility index (Phi) is 4.58. The van der Waals surface area contributed by atoms with Crippen LogP contribution in [0.1, 0.15) is 11.3 Å². The van der Waals surface area contributed by atoms with Crippen LogP contribution in [0.4, 0.5) is 11.5 Å². The van der Waals surface area contributed by atoms with Crippen LogP contribution in [0, 0.1) is 21.8 Å². The van der Waals surface area contributed by atoms with Crippen molar-refractivity contribution in [2.45, 2.75) is 6.92 Å². The summed E-state index contributed by atoms with van der Waals surface area (Å²) in [6.45, 7) is 1.96. The molecule has 0 unspecified atom stereocenters. The molecule has 0 atom stereocenters. The molecule has 0 aliphatic heterocycles. The molecule has 1 aromatic heterocycles. The summed E-state index contributed by atoms with van der Waals surface area (Å²) in [5, 5.41) is 12.7. The first-order valence-corrected chi connectivity index (χ1v) is 8.25. The lowest BCUT2D eigenvalue weighted by atomic mass is 10.0. The Hall–Kier alpha value is -2.39. The van der Waals surface area contributed by atoms with E-state index in [9.17, 15) is 5.26 Å². The van der Waals surface area contributed by atoms with Gasteiger partial charge in [0.25, 0.3) is 0 Å². The normalized spacial score (nSPS) is 10.1. The van der Waals surface area contributed by atoms with Crippen LogP contribution in [0.3, 0.4) is 0 Å². The Morgan fingerprint density at radius 2 is 1.83 bits per heavy atom. The lowest BCUT2D eigenvalue weighted by Crippen LogP contribution is -2.00. The van der Waals surface area contributed by atoms with Gasteiger partial charge >= 0.3 is 0 Å². The lowest BCUT2D eigenvalue weighted by molar-refractivity contribution is 1.19. The van der Waals surface area contributed by atoms with Crippen LogP contribution < -0.4 is 5.32 Å². The summed E-state index contributed by atoms with van der Waals surface area (Å²) in [4.78, 5) is 4.61. The predicted octanol–water partition coefficient (Wildman–Crippen LogP) is 5.28. The Morgan fingerprint density at radius 3 is 2.52 bits per heavy atom. The highest BCUT2D eigenvalue weighted by molar-refractivity contribution is 14.1. The van der Waals surface area contributed by atoms with Gasteiger partial charge in [0, 0.05) is 20.5 Å². The lowest BCUT2D eigenvalue weighted by Gasteiger charge is -2.12.